The number of cyclic esters (lactones) is 1. The summed E-state index contributed by atoms with van der Waals surface area (Å²) in [5.74, 6) is -0.525. The van der Waals surface area contributed by atoms with Gasteiger partial charge in [-0.15, -0.1) is 0 Å². The number of carbonyl (C=O) groups excluding carboxylic acids is 2. The molecule has 25 heavy (non-hydrogen) atoms. The predicted molar refractivity (Wildman–Crippen MR) is 91.1 cm³/mol. The molecule has 0 spiro atoms. The molecule has 3 heterocycles. The minimum Gasteiger partial charge on any atom is -0.447 e. The summed E-state index contributed by atoms with van der Waals surface area (Å²) >= 11 is 0. The van der Waals surface area contributed by atoms with Crippen LogP contribution >= 0.6 is 0 Å². The van der Waals surface area contributed by atoms with Gasteiger partial charge in [0.2, 0.25) is 5.91 Å². The number of hydrogen-bond donors (Lipinski definition) is 1. The van der Waals surface area contributed by atoms with Crippen molar-refractivity contribution in [3.63, 3.8) is 0 Å². The summed E-state index contributed by atoms with van der Waals surface area (Å²) in [4.78, 5) is 30.1. The number of nitrogens with one attached hydrogen (secondary N) is 1. The van der Waals surface area contributed by atoms with E-state index in [-0.39, 0.29) is 18.6 Å². The van der Waals surface area contributed by atoms with Gasteiger partial charge < -0.3 is 10.1 Å². The molecule has 0 bridgehead atoms. The van der Waals surface area contributed by atoms with Gasteiger partial charge in [-0.25, -0.2) is 4.79 Å². The molecule has 1 aromatic carbocycles. The molecule has 6 nitrogen and oxygen atoms in total. The Kier molecular flexibility index (Phi) is 3.93. The van der Waals surface area contributed by atoms with Gasteiger partial charge in [0.15, 0.2) is 0 Å². The van der Waals surface area contributed by atoms with Gasteiger partial charge in [-0.05, 0) is 23.8 Å². The number of aromatic nitrogens is 1. The first-order valence-electron chi connectivity index (χ1n) is 8.14. The first-order valence-corrected chi connectivity index (χ1v) is 8.14. The maximum atomic E-state index is 12.2. The lowest BCUT2D eigenvalue weighted by Crippen LogP contribution is -2.65. The molecule has 0 aliphatic carbocycles. The van der Waals surface area contributed by atoms with Gasteiger partial charge in [-0.2, -0.15) is 0 Å². The van der Waals surface area contributed by atoms with E-state index in [2.05, 4.69) is 10.3 Å². The van der Waals surface area contributed by atoms with E-state index in [4.69, 9.17) is 4.74 Å². The van der Waals surface area contributed by atoms with Crippen molar-refractivity contribution < 1.29 is 14.3 Å². The smallest absolute Gasteiger partial charge is 0.412 e. The van der Waals surface area contributed by atoms with Gasteiger partial charge in [0.25, 0.3) is 0 Å². The number of nitrogens with zero attached hydrogens (tertiary/aromatic N) is 2. The van der Waals surface area contributed by atoms with E-state index in [1.54, 1.807) is 23.2 Å². The van der Waals surface area contributed by atoms with Crippen molar-refractivity contribution in [2.75, 3.05) is 6.61 Å². The summed E-state index contributed by atoms with van der Waals surface area (Å²) in [6.45, 7) is 0.284. The zero-order valence-corrected chi connectivity index (χ0v) is 13.4. The Balaban J connectivity index is 1.56. The average Bonchev–Trinajstić information content (AvgIpc) is 3.02. The molecule has 2 saturated heterocycles. The fourth-order valence-electron chi connectivity index (χ4n) is 3.16. The van der Waals surface area contributed by atoms with Crippen LogP contribution in [0.4, 0.5) is 4.79 Å². The summed E-state index contributed by atoms with van der Waals surface area (Å²) in [5.41, 5.74) is 1.76. The van der Waals surface area contributed by atoms with E-state index in [1.807, 2.05) is 48.5 Å². The van der Waals surface area contributed by atoms with E-state index in [1.165, 1.54) is 0 Å². The average molecular weight is 335 g/mol. The Hall–Kier alpha value is -3.15. The van der Waals surface area contributed by atoms with E-state index in [0.717, 1.165) is 11.3 Å². The van der Waals surface area contributed by atoms with E-state index in [9.17, 15) is 9.59 Å². The van der Waals surface area contributed by atoms with Crippen LogP contribution in [0.1, 0.15) is 17.3 Å². The molecular formula is C19H17N3O3. The lowest BCUT2D eigenvalue weighted by Gasteiger charge is -2.42. The summed E-state index contributed by atoms with van der Waals surface area (Å²) in [5, 5.41) is 2.82. The van der Waals surface area contributed by atoms with Crippen LogP contribution in [0.3, 0.4) is 0 Å². The highest BCUT2D eigenvalue weighted by Gasteiger charge is 2.49. The SMILES string of the molecule is O=C1N[C@H](N2C(=O)OC[C@@H]2c2ccccc2)[C@H]1C=Cc1ccccn1. The molecule has 2 aromatic rings. The molecule has 2 aliphatic heterocycles. The van der Waals surface area contributed by atoms with Crippen LogP contribution in [0.2, 0.25) is 0 Å². The number of hydrogen-bond acceptors (Lipinski definition) is 4. The van der Waals surface area contributed by atoms with E-state index >= 15 is 0 Å². The van der Waals surface area contributed by atoms with Crippen LogP contribution < -0.4 is 5.32 Å². The highest BCUT2D eigenvalue weighted by atomic mass is 16.6. The van der Waals surface area contributed by atoms with E-state index in [0.29, 0.717) is 0 Å². The monoisotopic (exact) mass is 335 g/mol. The Morgan fingerprint density at radius 3 is 2.64 bits per heavy atom. The van der Waals surface area contributed by atoms with Gasteiger partial charge in [-0.1, -0.05) is 42.5 Å². The standard InChI is InChI=1S/C19H17N3O3/c23-18-15(10-9-14-8-4-5-11-20-14)17(21-18)22-16(12-25-19(22)24)13-6-2-1-3-7-13/h1-11,15-17H,12H2,(H,21,23)/t15-,16-,17-/m1/s1. The molecule has 2 fully saturated rings. The Labute approximate surface area is 145 Å². The lowest BCUT2D eigenvalue weighted by atomic mass is 9.93. The number of β-lactam (4-membered cyclic amide) rings is 1. The number of amides is 2. The molecule has 1 N–H and O–H groups in total. The number of pyridine rings is 1. The molecule has 0 saturated carbocycles. The second-order valence-electron chi connectivity index (χ2n) is 6.00. The quantitative estimate of drug-likeness (QED) is 0.871. The Bertz CT molecular complexity index is 807. The van der Waals surface area contributed by atoms with E-state index < -0.39 is 18.2 Å². The molecule has 2 aliphatic rings. The topological polar surface area (TPSA) is 71.5 Å². The van der Waals surface area contributed by atoms with Gasteiger partial charge in [0.05, 0.1) is 17.7 Å². The predicted octanol–water partition coefficient (Wildman–Crippen LogP) is 2.36. The Morgan fingerprint density at radius 2 is 1.92 bits per heavy atom. The maximum Gasteiger partial charge on any atom is 0.412 e. The number of rotatable bonds is 4. The third-order valence-electron chi connectivity index (χ3n) is 4.49. The summed E-state index contributed by atoms with van der Waals surface area (Å²) in [6, 6.07) is 15.1. The normalized spacial score (nSPS) is 25.6. The fraction of sp³-hybridized carbons (Fsp3) is 0.211. The number of carbonyl (C=O) groups is 2. The molecule has 6 heteroatoms. The number of benzene rings is 1. The van der Waals surface area contributed by atoms with Crippen LogP contribution in [0, 0.1) is 5.92 Å². The van der Waals surface area contributed by atoms with Crippen molar-refractivity contribution in [1.82, 2.24) is 15.2 Å². The fourth-order valence-corrected chi connectivity index (χ4v) is 3.16. The van der Waals surface area contributed by atoms with Crippen molar-refractivity contribution in [3.05, 3.63) is 72.1 Å². The molecule has 3 atom stereocenters. The largest absolute Gasteiger partial charge is 0.447 e. The zero-order valence-electron chi connectivity index (χ0n) is 13.4. The maximum absolute atomic E-state index is 12.2. The second-order valence-corrected chi connectivity index (χ2v) is 6.00. The highest BCUT2D eigenvalue weighted by molar-refractivity contribution is 5.90. The van der Waals surface area contributed by atoms with Gasteiger partial charge >= 0.3 is 6.09 Å². The van der Waals surface area contributed by atoms with Gasteiger partial charge in [-0.3, -0.25) is 14.7 Å². The summed E-state index contributed by atoms with van der Waals surface area (Å²) in [6.07, 6.45) is 4.47. The highest BCUT2D eigenvalue weighted by Crippen LogP contribution is 2.34. The molecule has 0 unspecified atom stereocenters. The molecule has 2 amide bonds. The van der Waals surface area contributed by atoms with Crippen molar-refractivity contribution in [1.29, 1.82) is 0 Å². The van der Waals surface area contributed by atoms with Crippen LogP contribution in [0.15, 0.2) is 60.8 Å². The summed E-state index contributed by atoms with van der Waals surface area (Å²) < 4.78 is 5.23. The number of ether oxygens (including phenoxy) is 1. The van der Waals surface area contributed by atoms with Gasteiger partial charge in [0, 0.05) is 6.20 Å². The van der Waals surface area contributed by atoms with Gasteiger partial charge in [0.1, 0.15) is 12.8 Å². The minimum atomic E-state index is -0.418. The third kappa shape index (κ3) is 2.87. The second kappa shape index (κ2) is 6.39. The minimum absolute atomic E-state index is 0.108. The molecule has 1 aromatic heterocycles. The Morgan fingerprint density at radius 1 is 1.12 bits per heavy atom. The van der Waals surface area contributed by atoms with Crippen LogP contribution in [0.5, 0.6) is 0 Å². The van der Waals surface area contributed by atoms with Crippen LogP contribution in [0.25, 0.3) is 6.08 Å². The molecular weight excluding hydrogens is 318 g/mol. The first-order chi connectivity index (χ1) is 12.2. The third-order valence-corrected chi connectivity index (χ3v) is 4.49. The zero-order chi connectivity index (χ0) is 17.2. The lowest BCUT2D eigenvalue weighted by molar-refractivity contribution is -0.137. The van der Waals surface area contributed by atoms with Crippen molar-refractivity contribution in [2.24, 2.45) is 5.92 Å². The molecule has 126 valence electrons. The molecule has 4 rings (SSSR count). The summed E-state index contributed by atoms with van der Waals surface area (Å²) in [7, 11) is 0. The van der Waals surface area contributed by atoms with Crippen molar-refractivity contribution in [3.8, 4) is 0 Å². The van der Waals surface area contributed by atoms with Crippen LogP contribution in [-0.4, -0.2) is 34.7 Å². The van der Waals surface area contributed by atoms with Crippen LogP contribution in [-0.2, 0) is 9.53 Å². The van der Waals surface area contributed by atoms with Crippen molar-refractivity contribution >= 4 is 18.1 Å². The molecule has 0 radical (unpaired) electrons. The van der Waals surface area contributed by atoms with Crippen molar-refractivity contribution in [2.45, 2.75) is 12.2 Å². The first kappa shape index (κ1) is 15.4.